The zero-order chi connectivity index (χ0) is 24.3. The van der Waals surface area contributed by atoms with Crippen LogP contribution in [-0.2, 0) is 0 Å². The lowest BCUT2D eigenvalue weighted by atomic mass is 9.95. The molecule has 2 heterocycles. The number of hydrogen-bond acceptors (Lipinski definition) is 1. The van der Waals surface area contributed by atoms with E-state index in [1.165, 1.54) is 75.4 Å². The number of H-pyrrole nitrogens is 1. The van der Waals surface area contributed by atoms with Crippen LogP contribution in [0.2, 0.25) is 0 Å². The minimum Gasteiger partial charge on any atom is -0.354 e. The Bertz CT molecular complexity index is 2070. The predicted molar refractivity (Wildman–Crippen MR) is 164 cm³/mol. The smallest absolute Gasteiger partial charge is 0.0544 e. The summed E-state index contributed by atoms with van der Waals surface area (Å²) in [6.07, 6.45) is 9.99. The number of aromatic amines is 1. The Morgan fingerprint density at radius 3 is 2.35 bits per heavy atom. The molecule has 1 aliphatic rings. The standard InChI is InChI=1S/C35H23NS.H2/c1-2-9-22-19-20-31-33(25(22)12-3-1)30-17-7-14-26(34(30)36-31)23-10-6-11-24(21-23)27-15-8-16-29-28-13-4-5-18-32(28)37-35(27)29;/h2-21,36H,1H2;1H. The summed E-state index contributed by atoms with van der Waals surface area (Å²) in [5, 5.41) is 5.26. The number of para-hydroxylation sites is 1. The van der Waals surface area contributed by atoms with Crippen LogP contribution in [0.5, 0.6) is 0 Å². The molecule has 0 saturated carbocycles. The summed E-state index contributed by atoms with van der Waals surface area (Å²) in [6.45, 7) is 0. The molecular formula is C35H25NS. The largest absolute Gasteiger partial charge is 0.354 e. The minimum atomic E-state index is 0. The van der Waals surface area contributed by atoms with Gasteiger partial charge in [-0.05, 0) is 52.4 Å². The van der Waals surface area contributed by atoms with Gasteiger partial charge in [0.15, 0.2) is 0 Å². The Morgan fingerprint density at radius 2 is 1.41 bits per heavy atom. The van der Waals surface area contributed by atoms with Crippen molar-refractivity contribution in [2.75, 3.05) is 0 Å². The summed E-state index contributed by atoms with van der Waals surface area (Å²) in [7, 11) is 0. The van der Waals surface area contributed by atoms with E-state index in [4.69, 9.17) is 0 Å². The van der Waals surface area contributed by atoms with Crippen molar-refractivity contribution in [3.05, 3.63) is 120 Å². The molecule has 2 aromatic heterocycles. The van der Waals surface area contributed by atoms with E-state index in [1.807, 2.05) is 11.3 Å². The number of nitrogens with one attached hydrogen (secondary N) is 1. The SMILES string of the molecule is C1=Cc2ccc3[nH]c4c(-c5cccc(-c6cccc7c6sc6ccccc67)c5)cccc4c3c2C=CC1.[HH]. The molecule has 0 radical (unpaired) electrons. The van der Waals surface area contributed by atoms with E-state index >= 15 is 0 Å². The number of hydrogen-bond donors (Lipinski definition) is 1. The van der Waals surface area contributed by atoms with Crippen molar-refractivity contribution in [2.24, 2.45) is 0 Å². The number of aromatic nitrogens is 1. The van der Waals surface area contributed by atoms with E-state index < -0.39 is 0 Å². The lowest BCUT2D eigenvalue weighted by Gasteiger charge is -2.09. The van der Waals surface area contributed by atoms with Crippen LogP contribution in [0.4, 0.5) is 0 Å². The maximum absolute atomic E-state index is 3.77. The zero-order valence-electron chi connectivity index (χ0n) is 20.2. The number of allylic oxidation sites excluding steroid dienone is 2. The molecule has 8 rings (SSSR count). The van der Waals surface area contributed by atoms with Gasteiger partial charge in [-0.1, -0.05) is 103 Å². The van der Waals surface area contributed by atoms with Gasteiger partial charge in [-0.25, -0.2) is 0 Å². The van der Waals surface area contributed by atoms with Crippen LogP contribution in [0.3, 0.4) is 0 Å². The van der Waals surface area contributed by atoms with Gasteiger partial charge in [0.05, 0.1) is 5.52 Å². The molecule has 0 saturated heterocycles. The molecule has 1 nitrogen and oxygen atoms in total. The number of rotatable bonds is 2. The molecule has 0 unspecified atom stereocenters. The third-order valence-electron chi connectivity index (χ3n) is 7.62. The van der Waals surface area contributed by atoms with Gasteiger partial charge in [-0.3, -0.25) is 0 Å². The van der Waals surface area contributed by atoms with Crippen LogP contribution >= 0.6 is 11.3 Å². The third-order valence-corrected chi connectivity index (χ3v) is 8.84. The highest BCUT2D eigenvalue weighted by Gasteiger charge is 2.15. The van der Waals surface area contributed by atoms with Crippen LogP contribution < -0.4 is 0 Å². The fraction of sp³-hybridized carbons (Fsp3) is 0.0286. The Labute approximate surface area is 220 Å². The van der Waals surface area contributed by atoms with E-state index in [-0.39, 0.29) is 1.43 Å². The summed E-state index contributed by atoms with van der Waals surface area (Å²) < 4.78 is 2.69. The van der Waals surface area contributed by atoms with Crippen LogP contribution in [0.15, 0.2) is 109 Å². The van der Waals surface area contributed by atoms with Gasteiger partial charge in [-0.15, -0.1) is 11.3 Å². The van der Waals surface area contributed by atoms with E-state index in [9.17, 15) is 0 Å². The Hall–Kier alpha value is -4.40. The van der Waals surface area contributed by atoms with Gasteiger partial charge in [0, 0.05) is 43.5 Å². The summed E-state index contributed by atoms with van der Waals surface area (Å²) in [5.74, 6) is 0. The van der Waals surface area contributed by atoms with Crippen LogP contribution in [0.1, 0.15) is 19.0 Å². The van der Waals surface area contributed by atoms with Crippen molar-refractivity contribution in [2.45, 2.75) is 6.42 Å². The van der Waals surface area contributed by atoms with Gasteiger partial charge in [0.25, 0.3) is 0 Å². The molecule has 1 aliphatic carbocycles. The molecule has 37 heavy (non-hydrogen) atoms. The topological polar surface area (TPSA) is 15.8 Å². The van der Waals surface area contributed by atoms with E-state index in [0.717, 1.165) is 6.42 Å². The van der Waals surface area contributed by atoms with E-state index in [0.29, 0.717) is 0 Å². The van der Waals surface area contributed by atoms with Crippen molar-refractivity contribution < 1.29 is 1.43 Å². The molecule has 1 N–H and O–H groups in total. The van der Waals surface area contributed by atoms with Crippen molar-refractivity contribution in [3.8, 4) is 22.3 Å². The average molecular weight is 492 g/mol. The first-order chi connectivity index (χ1) is 18.3. The molecule has 0 amide bonds. The lowest BCUT2D eigenvalue weighted by Crippen LogP contribution is -1.84. The van der Waals surface area contributed by atoms with Gasteiger partial charge < -0.3 is 4.98 Å². The second-order valence-electron chi connectivity index (χ2n) is 9.75. The number of fused-ring (bicyclic) bond motifs is 8. The summed E-state index contributed by atoms with van der Waals surface area (Å²) in [4.78, 5) is 3.77. The van der Waals surface area contributed by atoms with E-state index in [2.05, 4.69) is 126 Å². The minimum absolute atomic E-state index is 0. The zero-order valence-corrected chi connectivity index (χ0v) is 21.0. The molecule has 0 aliphatic heterocycles. The second-order valence-corrected chi connectivity index (χ2v) is 10.8. The molecule has 0 bridgehead atoms. The fourth-order valence-corrected chi connectivity index (χ4v) is 7.15. The maximum atomic E-state index is 3.77. The Kier molecular flexibility index (Phi) is 4.52. The highest BCUT2D eigenvalue weighted by Crippen LogP contribution is 2.42. The number of benzene rings is 5. The summed E-state index contributed by atoms with van der Waals surface area (Å²) in [5.41, 5.74) is 9.99. The highest BCUT2D eigenvalue weighted by atomic mass is 32.1. The van der Waals surface area contributed by atoms with Crippen LogP contribution in [0.25, 0.3) is 76.4 Å². The first-order valence-corrected chi connectivity index (χ1v) is 13.6. The molecule has 0 spiro atoms. The molecule has 0 fully saturated rings. The maximum Gasteiger partial charge on any atom is 0.0544 e. The second kappa shape index (κ2) is 8.06. The third kappa shape index (κ3) is 3.16. The Balaban J connectivity index is 0.00000242. The molecule has 176 valence electrons. The monoisotopic (exact) mass is 491 g/mol. The van der Waals surface area contributed by atoms with Crippen LogP contribution in [0, 0.1) is 0 Å². The molecule has 0 atom stereocenters. The molecule has 2 heteroatoms. The van der Waals surface area contributed by atoms with Crippen molar-refractivity contribution in [1.82, 2.24) is 4.98 Å². The van der Waals surface area contributed by atoms with Gasteiger partial charge in [-0.2, -0.15) is 0 Å². The van der Waals surface area contributed by atoms with Gasteiger partial charge in [0.1, 0.15) is 0 Å². The quantitative estimate of drug-likeness (QED) is 0.247. The van der Waals surface area contributed by atoms with E-state index in [1.54, 1.807) is 0 Å². The molecular weight excluding hydrogens is 466 g/mol. The van der Waals surface area contributed by atoms with Crippen molar-refractivity contribution >= 4 is 65.5 Å². The Morgan fingerprint density at radius 1 is 0.649 bits per heavy atom. The predicted octanol–water partition coefficient (Wildman–Crippen LogP) is 10.7. The number of thiophene rings is 1. The highest BCUT2D eigenvalue weighted by molar-refractivity contribution is 7.26. The van der Waals surface area contributed by atoms with Crippen molar-refractivity contribution in [3.63, 3.8) is 0 Å². The summed E-state index contributed by atoms with van der Waals surface area (Å²) in [6, 6.07) is 35.6. The molecule has 5 aromatic carbocycles. The first kappa shape index (κ1) is 20.8. The average Bonchev–Trinajstić information content (AvgIpc) is 3.43. The van der Waals surface area contributed by atoms with Gasteiger partial charge >= 0.3 is 0 Å². The lowest BCUT2D eigenvalue weighted by molar-refractivity contribution is 1.44. The van der Waals surface area contributed by atoms with Crippen molar-refractivity contribution in [1.29, 1.82) is 0 Å². The summed E-state index contributed by atoms with van der Waals surface area (Å²) >= 11 is 1.89. The molecule has 7 aromatic rings. The first-order valence-electron chi connectivity index (χ1n) is 12.8. The van der Waals surface area contributed by atoms with Gasteiger partial charge in [0.2, 0.25) is 0 Å². The normalized spacial score (nSPS) is 13.1. The fourth-order valence-electron chi connectivity index (χ4n) is 5.91. The van der Waals surface area contributed by atoms with Crippen LogP contribution in [-0.4, -0.2) is 4.98 Å².